The molecule has 138 valence electrons. The topological polar surface area (TPSA) is 63.2 Å². The Balaban J connectivity index is 1.69. The van der Waals surface area contributed by atoms with E-state index < -0.39 is 5.82 Å². The third-order valence-corrected chi connectivity index (χ3v) is 4.14. The molecule has 1 amide bonds. The summed E-state index contributed by atoms with van der Waals surface area (Å²) in [6, 6.07) is 14.9. The smallest absolute Gasteiger partial charge is 0.251 e. The lowest BCUT2D eigenvalue weighted by atomic mass is 10.2. The van der Waals surface area contributed by atoms with Crippen molar-refractivity contribution in [2.24, 2.45) is 0 Å². The summed E-state index contributed by atoms with van der Waals surface area (Å²) in [7, 11) is 1.59. The van der Waals surface area contributed by atoms with Crippen LogP contribution in [0.4, 0.5) is 15.9 Å². The Labute approximate surface area is 161 Å². The number of aromatic nitrogens is 1. The minimum atomic E-state index is -0.500. The van der Waals surface area contributed by atoms with Crippen LogP contribution in [0.25, 0.3) is 0 Å². The molecular formula is C20H17ClFN3O2. The van der Waals surface area contributed by atoms with Crippen LogP contribution in [0, 0.1) is 5.82 Å². The van der Waals surface area contributed by atoms with E-state index in [9.17, 15) is 9.18 Å². The molecule has 0 unspecified atom stereocenters. The third-order valence-electron chi connectivity index (χ3n) is 3.85. The van der Waals surface area contributed by atoms with Crippen molar-refractivity contribution < 1.29 is 13.9 Å². The Morgan fingerprint density at radius 3 is 2.78 bits per heavy atom. The predicted molar refractivity (Wildman–Crippen MR) is 103 cm³/mol. The first-order valence-corrected chi connectivity index (χ1v) is 8.53. The first-order chi connectivity index (χ1) is 13.1. The molecule has 0 saturated heterocycles. The number of hydrogen-bond donors (Lipinski definition) is 2. The zero-order valence-electron chi connectivity index (χ0n) is 14.5. The van der Waals surface area contributed by atoms with E-state index in [1.54, 1.807) is 19.2 Å². The minimum absolute atomic E-state index is 0.00528. The highest BCUT2D eigenvalue weighted by Gasteiger charge is 2.09. The van der Waals surface area contributed by atoms with Crippen molar-refractivity contribution in [3.05, 3.63) is 82.8 Å². The largest absolute Gasteiger partial charge is 0.496 e. The summed E-state index contributed by atoms with van der Waals surface area (Å²) in [6.07, 6.45) is 1.52. The minimum Gasteiger partial charge on any atom is -0.496 e. The molecule has 5 nitrogen and oxygen atoms in total. The van der Waals surface area contributed by atoms with E-state index in [-0.39, 0.29) is 10.9 Å². The summed E-state index contributed by atoms with van der Waals surface area (Å²) in [5.41, 5.74) is 1.89. The number of ether oxygens (including phenoxy) is 1. The van der Waals surface area contributed by atoms with Gasteiger partial charge < -0.3 is 15.4 Å². The van der Waals surface area contributed by atoms with Gasteiger partial charge in [0.25, 0.3) is 5.91 Å². The Morgan fingerprint density at radius 2 is 2.00 bits per heavy atom. The van der Waals surface area contributed by atoms with Crippen LogP contribution in [0.3, 0.4) is 0 Å². The summed E-state index contributed by atoms with van der Waals surface area (Å²) in [5.74, 6) is 0.411. The number of hydrogen-bond acceptors (Lipinski definition) is 4. The number of anilines is 2. The standard InChI is InChI=1S/C20H17ClFN3O2/c1-27-18-5-3-2-4-14(18)12-24-20(26)13-8-9-23-19(10-13)25-15-6-7-17(22)16(21)11-15/h2-11H,12H2,1H3,(H,23,25)(H,24,26). The maximum atomic E-state index is 13.2. The highest BCUT2D eigenvalue weighted by Crippen LogP contribution is 2.22. The third kappa shape index (κ3) is 4.74. The summed E-state index contributed by atoms with van der Waals surface area (Å²) >= 11 is 5.78. The fourth-order valence-electron chi connectivity index (χ4n) is 2.49. The molecule has 0 atom stereocenters. The number of methoxy groups -OCH3 is 1. The summed E-state index contributed by atoms with van der Waals surface area (Å²) < 4.78 is 18.5. The average Bonchev–Trinajstić information content (AvgIpc) is 2.69. The number of benzene rings is 2. The fraction of sp³-hybridized carbons (Fsp3) is 0.100. The van der Waals surface area contributed by atoms with Gasteiger partial charge in [-0.25, -0.2) is 9.37 Å². The molecule has 0 fully saturated rings. The molecule has 7 heteroatoms. The van der Waals surface area contributed by atoms with Gasteiger partial charge in [0.1, 0.15) is 17.4 Å². The summed E-state index contributed by atoms with van der Waals surface area (Å²) in [6.45, 7) is 0.335. The van der Waals surface area contributed by atoms with E-state index in [1.807, 2.05) is 24.3 Å². The van der Waals surface area contributed by atoms with E-state index in [1.165, 1.54) is 24.4 Å². The molecule has 3 aromatic rings. The lowest BCUT2D eigenvalue weighted by Gasteiger charge is -2.11. The van der Waals surface area contributed by atoms with E-state index in [2.05, 4.69) is 15.6 Å². The molecule has 0 aliphatic heterocycles. The van der Waals surface area contributed by atoms with Gasteiger partial charge in [0.05, 0.1) is 12.1 Å². The number of rotatable bonds is 6. The van der Waals surface area contributed by atoms with Gasteiger partial charge in [0, 0.05) is 29.6 Å². The van der Waals surface area contributed by atoms with Gasteiger partial charge in [0.2, 0.25) is 0 Å². The number of pyridine rings is 1. The second-order valence-electron chi connectivity index (χ2n) is 5.68. The molecular weight excluding hydrogens is 369 g/mol. The van der Waals surface area contributed by atoms with Crippen molar-refractivity contribution in [3.8, 4) is 5.75 Å². The second-order valence-corrected chi connectivity index (χ2v) is 6.09. The molecule has 1 aromatic heterocycles. The van der Waals surface area contributed by atoms with Crippen molar-refractivity contribution in [1.82, 2.24) is 10.3 Å². The Bertz CT molecular complexity index is 965. The average molecular weight is 386 g/mol. The SMILES string of the molecule is COc1ccccc1CNC(=O)c1ccnc(Nc2ccc(F)c(Cl)c2)c1. The number of para-hydroxylation sites is 1. The van der Waals surface area contributed by atoms with Gasteiger partial charge in [-0.2, -0.15) is 0 Å². The van der Waals surface area contributed by atoms with Gasteiger partial charge in [0.15, 0.2) is 0 Å². The molecule has 2 N–H and O–H groups in total. The highest BCUT2D eigenvalue weighted by atomic mass is 35.5. The maximum Gasteiger partial charge on any atom is 0.251 e. The molecule has 0 aliphatic carbocycles. The lowest BCUT2D eigenvalue weighted by Crippen LogP contribution is -2.23. The van der Waals surface area contributed by atoms with Gasteiger partial charge >= 0.3 is 0 Å². The number of nitrogens with zero attached hydrogens (tertiary/aromatic N) is 1. The van der Waals surface area contributed by atoms with Crippen molar-refractivity contribution in [1.29, 1.82) is 0 Å². The van der Waals surface area contributed by atoms with E-state index in [4.69, 9.17) is 16.3 Å². The van der Waals surface area contributed by atoms with Gasteiger partial charge in [-0.3, -0.25) is 4.79 Å². The fourth-order valence-corrected chi connectivity index (χ4v) is 2.67. The first kappa shape index (κ1) is 18.7. The molecule has 27 heavy (non-hydrogen) atoms. The van der Waals surface area contributed by atoms with E-state index >= 15 is 0 Å². The van der Waals surface area contributed by atoms with Crippen LogP contribution in [0.15, 0.2) is 60.8 Å². The van der Waals surface area contributed by atoms with E-state index in [0.717, 1.165) is 5.56 Å². The van der Waals surface area contributed by atoms with Crippen LogP contribution in [-0.2, 0) is 6.54 Å². The number of carbonyl (C=O) groups excluding carboxylic acids is 1. The molecule has 3 rings (SSSR count). The zero-order chi connectivity index (χ0) is 19.2. The molecule has 0 aliphatic rings. The molecule has 0 bridgehead atoms. The summed E-state index contributed by atoms with van der Waals surface area (Å²) in [5, 5.41) is 5.85. The number of amides is 1. The Kier molecular flexibility index (Phi) is 5.88. The zero-order valence-corrected chi connectivity index (χ0v) is 15.3. The molecule has 2 aromatic carbocycles. The van der Waals surface area contributed by atoms with Crippen LogP contribution < -0.4 is 15.4 Å². The maximum absolute atomic E-state index is 13.2. The van der Waals surface area contributed by atoms with Crippen LogP contribution in [0.1, 0.15) is 15.9 Å². The van der Waals surface area contributed by atoms with Crippen molar-refractivity contribution in [2.75, 3.05) is 12.4 Å². The monoisotopic (exact) mass is 385 g/mol. The number of nitrogens with one attached hydrogen (secondary N) is 2. The van der Waals surface area contributed by atoms with Crippen molar-refractivity contribution in [3.63, 3.8) is 0 Å². The van der Waals surface area contributed by atoms with E-state index in [0.29, 0.717) is 29.4 Å². The normalized spacial score (nSPS) is 10.3. The lowest BCUT2D eigenvalue weighted by molar-refractivity contribution is 0.0950. The van der Waals surface area contributed by atoms with Gasteiger partial charge in [-0.05, 0) is 36.4 Å². The van der Waals surface area contributed by atoms with Crippen molar-refractivity contribution in [2.45, 2.75) is 6.54 Å². The van der Waals surface area contributed by atoms with Crippen LogP contribution in [-0.4, -0.2) is 18.0 Å². The van der Waals surface area contributed by atoms with Crippen LogP contribution >= 0.6 is 11.6 Å². The van der Waals surface area contributed by atoms with Crippen LogP contribution in [0.5, 0.6) is 5.75 Å². The number of carbonyl (C=O) groups is 1. The Hall–Kier alpha value is -3.12. The first-order valence-electron chi connectivity index (χ1n) is 8.15. The molecule has 0 spiro atoms. The van der Waals surface area contributed by atoms with Gasteiger partial charge in [-0.1, -0.05) is 29.8 Å². The molecule has 0 radical (unpaired) electrons. The number of halogens is 2. The Morgan fingerprint density at radius 1 is 1.19 bits per heavy atom. The summed E-state index contributed by atoms with van der Waals surface area (Å²) in [4.78, 5) is 16.6. The second kappa shape index (κ2) is 8.51. The van der Waals surface area contributed by atoms with Crippen LogP contribution in [0.2, 0.25) is 5.02 Å². The molecule has 0 saturated carbocycles. The predicted octanol–water partition coefficient (Wildman–Crippen LogP) is 4.56. The molecule has 1 heterocycles. The highest BCUT2D eigenvalue weighted by molar-refractivity contribution is 6.31. The van der Waals surface area contributed by atoms with Gasteiger partial charge in [-0.15, -0.1) is 0 Å². The van der Waals surface area contributed by atoms with Crippen molar-refractivity contribution >= 4 is 29.0 Å². The quantitative estimate of drug-likeness (QED) is 0.653.